The van der Waals surface area contributed by atoms with E-state index >= 15 is 0 Å². The van der Waals surface area contributed by atoms with Gasteiger partial charge in [-0.05, 0) is 44.9 Å². The van der Waals surface area contributed by atoms with E-state index in [1.54, 1.807) is 0 Å². The number of carbonyl (C=O) groups is 2. The molecule has 0 aromatic carbocycles. The average molecular weight is 458 g/mol. The second-order valence-corrected chi connectivity index (χ2v) is 10.4. The van der Waals surface area contributed by atoms with Crippen LogP contribution in [0.4, 0.5) is 4.39 Å². The van der Waals surface area contributed by atoms with Gasteiger partial charge in [-0.2, -0.15) is 0 Å². The van der Waals surface area contributed by atoms with Gasteiger partial charge in [0.05, 0.1) is 12.3 Å². The summed E-state index contributed by atoms with van der Waals surface area (Å²) in [4.78, 5) is 27.3. The third-order valence-electron chi connectivity index (χ3n) is 5.55. The van der Waals surface area contributed by atoms with Crippen molar-refractivity contribution in [1.29, 1.82) is 0 Å². The smallest absolute Gasteiger partial charge is 0.355 e. The Bertz CT molecular complexity index is 720. The molecule has 168 valence electrons. The van der Waals surface area contributed by atoms with Gasteiger partial charge in [0.1, 0.15) is 5.78 Å². The maximum Gasteiger partial charge on any atom is 0.355 e. The van der Waals surface area contributed by atoms with E-state index in [4.69, 9.17) is 5.11 Å². The Kier molecular flexibility index (Phi) is 10.5. The number of ketones is 1. The molecule has 5 nitrogen and oxygen atoms in total. The highest BCUT2D eigenvalue weighted by molar-refractivity contribution is 8.01. The van der Waals surface area contributed by atoms with Crippen molar-refractivity contribution in [3.05, 3.63) is 23.2 Å². The monoisotopic (exact) mass is 457 g/mol. The Hall–Kier alpha value is -1.25. The van der Waals surface area contributed by atoms with Gasteiger partial charge in [0.15, 0.2) is 10.0 Å². The number of hydrogen-bond donors (Lipinski definition) is 2. The van der Waals surface area contributed by atoms with E-state index in [1.807, 2.05) is 13.0 Å². The van der Waals surface area contributed by atoms with Crippen molar-refractivity contribution < 1.29 is 24.2 Å². The molecule has 1 heterocycles. The lowest BCUT2D eigenvalue weighted by atomic mass is 9.90. The molecule has 1 aliphatic carbocycles. The summed E-state index contributed by atoms with van der Waals surface area (Å²) in [6.45, 7) is 1.56. The van der Waals surface area contributed by atoms with Crippen molar-refractivity contribution >= 4 is 34.9 Å². The summed E-state index contributed by atoms with van der Waals surface area (Å²) < 4.78 is 12.8. The predicted octanol–water partition coefficient (Wildman–Crippen LogP) is 5.54. The molecular formula is C22H32FNO4S2. The first-order valence-electron chi connectivity index (χ1n) is 10.6. The van der Waals surface area contributed by atoms with E-state index in [0.717, 1.165) is 37.9 Å². The number of thiazole rings is 1. The van der Waals surface area contributed by atoms with Crippen LogP contribution in [0.1, 0.15) is 75.2 Å². The minimum atomic E-state index is -1.02. The van der Waals surface area contributed by atoms with E-state index in [9.17, 15) is 19.1 Å². The van der Waals surface area contributed by atoms with Crippen LogP contribution >= 0.6 is 23.1 Å². The van der Waals surface area contributed by atoms with Crippen LogP contribution in [-0.2, 0) is 4.79 Å². The number of Topliss-reactive ketones (excluding diaryl/α,β-unsaturated/α-hetero) is 1. The number of aromatic carboxylic acids is 1. The minimum absolute atomic E-state index is 0.0155. The van der Waals surface area contributed by atoms with Gasteiger partial charge in [-0.1, -0.05) is 43.2 Å². The molecule has 0 aliphatic heterocycles. The molecule has 3 unspecified atom stereocenters. The normalized spacial score (nSPS) is 21.4. The molecule has 0 spiro atoms. The van der Waals surface area contributed by atoms with Crippen LogP contribution in [0.15, 0.2) is 21.9 Å². The summed E-state index contributed by atoms with van der Waals surface area (Å²) in [5.74, 6) is 0.173. The van der Waals surface area contributed by atoms with Gasteiger partial charge in [-0.25, -0.2) is 9.78 Å². The fraction of sp³-hybridized carbons (Fsp3) is 0.682. The summed E-state index contributed by atoms with van der Waals surface area (Å²) in [7, 11) is 0. The summed E-state index contributed by atoms with van der Waals surface area (Å²) in [6.07, 6.45) is 10.8. The molecule has 8 heteroatoms. The number of alkyl halides is 1. The van der Waals surface area contributed by atoms with Crippen molar-refractivity contribution in [2.75, 3.05) is 12.4 Å². The van der Waals surface area contributed by atoms with Crippen LogP contribution in [-0.4, -0.2) is 45.0 Å². The van der Waals surface area contributed by atoms with Gasteiger partial charge in [-0.3, -0.25) is 9.18 Å². The zero-order valence-electron chi connectivity index (χ0n) is 17.5. The highest BCUT2D eigenvalue weighted by atomic mass is 32.2. The molecule has 2 N–H and O–H groups in total. The first-order chi connectivity index (χ1) is 14.3. The van der Waals surface area contributed by atoms with Crippen LogP contribution in [0.5, 0.6) is 0 Å². The topological polar surface area (TPSA) is 87.5 Å². The van der Waals surface area contributed by atoms with Gasteiger partial charge in [0.2, 0.25) is 0 Å². The highest BCUT2D eigenvalue weighted by Gasteiger charge is 2.32. The molecule has 30 heavy (non-hydrogen) atoms. The number of aromatic nitrogens is 1. The number of halogens is 1. The number of carbonyl (C=O) groups excluding carboxylic acids is 1. The Morgan fingerprint density at radius 2 is 2.17 bits per heavy atom. The number of allylic oxidation sites excluding steroid dienone is 1. The lowest BCUT2D eigenvalue weighted by molar-refractivity contribution is -0.121. The molecular weight excluding hydrogens is 425 g/mol. The second kappa shape index (κ2) is 12.6. The van der Waals surface area contributed by atoms with Crippen molar-refractivity contribution in [3.63, 3.8) is 0 Å². The molecule has 1 aromatic heterocycles. The zero-order chi connectivity index (χ0) is 22.0. The van der Waals surface area contributed by atoms with E-state index in [-0.39, 0.29) is 30.0 Å². The summed E-state index contributed by atoms with van der Waals surface area (Å²) >= 11 is 2.81. The van der Waals surface area contributed by atoms with Gasteiger partial charge >= 0.3 is 5.97 Å². The predicted molar refractivity (Wildman–Crippen MR) is 119 cm³/mol. The van der Waals surface area contributed by atoms with Crippen LogP contribution in [0.25, 0.3) is 0 Å². The van der Waals surface area contributed by atoms with E-state index in [2.05, 4.69) is 11.1 Å². The Morgan fingerprint density at radius 1 is 1.40 bits per heavy atom. The van der Waals surface area contributed by atoms with Gasteiger partial charge in [0.25, 0.3) is 0 Å². The molecule has 0 amide bonds. The first-order valence-corrected chi connectivity index (χ1v) is 12.5. The van der Waals surface area contributed by atoms with Crippen LogP contribution in [0.3, 0.4) is 0 Å². The number of carboxylic acids is 1. The summed E-state index contributed by atoms with van der Waals surface area (Å²) in [5, 5.41) is 21.0. The highest BCUT2D eigenvalue weighted by Crippen LogP contribution is 2.35. The Balaban J connectivity index is 1.75. The molecule has 1 aromatic rings. The number of thioether (sulfide) groups is 1. The fourth-order valence-electron chi connectivity index (χ4n) is 3.79. The van der Waals surface area contributed by atoms with Crippen molar-refractivity contribution in [3.8, 4) is 0 Å². The van der Waals surface area contributed by atoms with Crippen molar-refractivity contribution in [1.82, 2.24) is 4.98 Å². The van der Waals surface area contributed by atoms with Crippen LogP contribution < -0.4 is 0 Å². The van der Waals surface area contributed by atoms with Gasteiger partial charge in [-0.15, -0.1) is 11.3 Å². The third kappa shape index (κ3) is 8.47. The number of carboxylic acid groups (broad SMARTS) is 1. The molecule has 2 rings (SSSR count). The molecule has 1 saturated carbocycles. The summed E-state index contributed by atoms with van der Waals surface area (Å²) in [6, 6.07) is 0. The number of unbranched alkanes of at least 4 members (excludes halogenated alkanes) is 3. The number of hydrogen-bond acceptors (Lipinski definition) is 6. The first kappa shape index (κ1) is 25.0. The Morgan fingerprint density at radius 3 is 2.87 bits per heavy atom. The van der Waals surface area contributed by atoms with E-state index < -0.39 is 11.6 Å². The SMILES string of the molecule is CC(O)(CC=CC1CCC(=O)C1CCSc1nc(C(=O)O)cs1)CCCCCCF. The van der Waals surface area contributed by atoms with Gasteiger partial charge in [0, 0.05) is 23.5 Å². The maximum absolute atomic E-state index is 12.3. The van der Waals surface area contributed by atoms with Crippen molar-refractivity contribution in [2.24, 2.45) is 11.8 Å². The Labute approximate surface area is 186 Å². The molecule has 1 aliphatic rings. The van der Waals surface area contributed by atoms with Crippen LogP contribution in [0.2, 0.25) is 0 Å². The molecule has 3 atom stereocenters. The van der Waals surface area contributed by atoms with E-state index in [1.165, 1.54) is 28.5 Å². The number of rotatable bonds is 14. The molecule has 0 bridgehead atoms. The summed E-state index contributed by atoms with van der Waals surface area (Å²) in [5.41, 5.74) is -0.706. The number of aliphatic hydroxyl groups is 1. The minimum Gasteiger partial charge on any atom is -0.476 e. The fourth-order valence-corrected chi connectivity index (χ4v) is 5.68. The van der Waals surface area contributed by atoms with Crippen molar-refractivity contribution in [2.45, 2.75) is 74.7 Å². The molecule has 0 saturated heterocycles. The van der Waals surface area contributed by atoms with Crippen LogP contribution in [0, 0.1) is 11.8 Å². The average Bonchev–Trinajstić information content (AvgIpc) is 3.30. The maximum atomic E-state index is 12.3. The van der Waals surface area contributed by atoms with E-state index in [0.29, 0.717) is 30.0 Å². The third-order valence-corrected chi connectivity index (χ3v) is 7.61. The molecule has 0 radical (unpaired) electrons. The molecule has 1 fully saturated rings. The standard InChI is InChI=1S/C22H32FNO4S2/c1-22(28,11-4-2-3-5-13-23)12-6-7-16-8-9-19(25)17(16)10-14-29-21-24-18(15-30-21)20(26)27/h6-7,15-17,28H,2-5,8-14H2,1H3,(H,26,27). The zero-order valence-corrected chi connectivity index (χ0v) is 19.2. The number of nitrogens with zero attached hydrogens (tertiary/aromatic N) is 1. The largest absolute Gasteiger partial charge is 0.476 e. The quantitative estimate of drug-likeness (QED) is 0.217. The lowest BCUT2D eigenvalue weighted by Gasteiger charge is -2.22. The lowest BCUT2D eigenvalue weighted by Crippen LogP contribution is -2.23. The second-order valence-electron chi connectivity index (χ2n) is 8.20. The van der Waals surface area contributed by atoms with Gasteiger partial charge < -0.3 is 10.2 Å².